The Bertz CT molecular complexity index is 1040. The summed E-state index contributed by atoms with van der Waals surface area (Å²) in [5.74, 6) is -1.15. The maximum absolute atomic E-state index is 14.2. The van der Waals surface area contributed by atoms with Crippen molar-refractivity contribution >= 4 is 17.7 Å². The smallest absolute Gasteiger partial charge is 0.416 e. The number of carboxylic acid groups (broad SMARTS) is 1. The third-order valence-electron chi connectivity index (χ3n) is 4.51. The summed E-state index contributed by atoms with van der Waals surface area (Å²) in [6.07, 6.45) is -5.22. The topological polar surface area (TPSA) is 62.2 Å². The minimum atomic E-state index is -4.83. The predicted molar refractivity (Wildman–Crippen MR) is 103 cm³/mol. The van der Waals surface area contributed by atoms with Crippen LogP contribution in [-0.2, 0) is 18.1 Å². The van der Waals surface area contributed by atoms with Crippen molar-refractivity contribution < 1.29 is 27.5 Å². The molecule has 0 aliphatic heterocycles. The maximum atomic E-state index is 14.2. The summed E-state index contributed by atoms with van der Waals surface area (Å²) in [7, 11) is 0. The van der Waals surface area contributed by atoms with Crippen molar-refractivity contribution in [3.05, 3.63) is 100 Å². The fourth-order valence-electron chi connectivity index (χ4n) is 3.23. The van der Waals surface area contributed by atoms with Crippen LogP contribution in [0.25, 0.3) is 0 Å². The van der Waals surface area contributed by atoms with Crippen LogP contribution in [0, 0.1) is 5.82 Å². The van der Waals surface area contributed by atoms with E-state index in [1.165, 1.54) is 18.3 Å². The summed E-state index contributed by atoms with van der Waals surface area (Å²) in [6.45, 7) is 0. The zero-order valence-electron chi connectivity index (χ0n) is 15.3. The van der Waals surface area contributed by atoms with Crippen LogP contribution < -0.4 is 5.32 Å². The number of nitrogens with zero attached hydrogens (tertiary/aromatic N) is 1. The number of halogens is 5. The van der Waals surface area contributed by atoms with Gasteiger partial charge in [0.15, 0.2) is 0 Å². The first-order valence-corrected chi connectivity index (χ1v) is 9.03. The number of nitrogens with one attached hydrogen (secondary N) is 1. The number of carbonyl (C=O) groups is 1. The van der Waals surface area contributed by atoms with Crippen molar-refractivity contribution in [2.45, 2.75) is 18.1 Å². The van der Waals surface area contributed by atoms with Gasteiger partial charge in [0.2, 0.25) is 0 Å². The molecule has 1 aromatic heterocycles. The van der Waals surface area contributed by atoms with Gasteiger partial charge in [-0.25, -0.2) is 9.18 Å². The molecule has 9 heteroatoms. The van der Waals surface area contributed by atoms with Gasteiger partial charge in [0.05, 0.1) is 16.3 Å². The standard InChI is InChI=1S/C21H15ClF4N2O2/c22-16-6-7-18(27-12-16)20(28-19(29)30,11-13-4-2-1-3-5-13)14-8-15(21(24,25)26)10-17(23)9-14/h1-10,12,28H,11H2,(H,29,30). The molecule has 0 spiro atoms. The van der Waals surface area contributed by atoms with Crippen molar-refractivity contribution in [3.63, 3.8) is 0 Å². The highest BCUT2D eigenvalue weighted by atomic mass is 35.5. The SMILES string of the molecule is O=C(O)NC(Cc1ccccc1)(c1cc(F)cc(C(F)(F)F)c1)c1ccc(Cl)cn1. The molecule has 3 aromatic rings. The predicted octanol–water partition coefficient (Wildman–Crippen LogP) is 5.65. The molecule has 3 rings (SSSR count). The van der Waals surface area contributed by atoms with Gasteiger partial charge in [-0.3, -0.25) is 4.98 Å². The number of rotatable bonds is 5. The Morgan fingerprint density at radius 1 is 1.03 bits per heavy atom. The van der Waals surface area contributed by atoms with Crippen LogP contribution in [0.1, 0.15) is 22.4 Å². The molecule has 0 fully saturated rings. The zero-order chi connectivity index (χ0) is 21.9. The van der Waals surface area contributed by atoms with E-state index in [1.54, 1.807) is 30.3 Å². The second-order valence-corrected chi connectivity index (χ2v) is 7.02. The maximum Gasteiger partial charge on any atom is 0.416 e. The van der Waals surface area contributed by atoms with Crippen molar-refractivity contribution in [1.29, 1.82) is 0 Å². The first kappa shape index (κ1) is 21.6. The van der Waals surface area contributed by atoms with E-state index in [1.807, 2.05) is 0 Å². The summed E-state index contributed by atoms with van der Waals surface area (Å²) < 4.78 is 54.3. The lowest BCUT2D eigenvalue weighted by Gasteiger charge is -2.34. The third kappa shape index (κ3) is 4.71. The Kier molecular flexibility index (Phi) is 5.98. The monoisotopic (exact) mass is 438 g/mol. The number of aromatic nitrogens is 1. The van der Waals surface area contributed by atoms with Crippen LogP contribution in [-0.4, -0.2) is 16.2 Å². The molecule has 30 heavy (non-hydrogen) atoms. The molecule has 1 amide bonds. The Balaban J connectivity index is 2.31. The van der Waals surface area contributed by atoms with Gasteiger partial charge in [-0.1, -0.05) is 41.9 Å². The molecule has 1 heterocycles. The van der Waals surface area contributed by atoms with Crippen LogP contribution in [0.5, 0.6) is 0 Å². The number of hydrogen-bond donors (Lipinski definition) is 2. The molecular formula is C21H15ClF4N2O2. The number of benzene rings is 2. The quantitative estimate of drug-likeness (QED) is 0.506. The minimum Gasteiger partial charge on any atom is -0.465 e. The van der Waals surface area contributed by atoms with E-state index in [2.05, 4.69) is 10.3 Å². The first-order chi connectivity index (χ1) is 14.1. The van der Waals surface area contributed by atoms with Crippen LogP contribution in [0.15, 0.2) is 66.9 Å². The van der Waals surface area contributed by atoms with E-state index < -0.39 is 29.2 Å². The van der Waals surface area contributed by atoms with Gasteiger partial charge in [0.1, 0.15) is 11.4 Å². The lowest BCUT2D eigenvalue weighted by molar-refractivity contribution is -0.137. The molecule has 0 aliphatic carbocycles. The Labute approximate surface area is 174 Å². The molecule has 156 valence electrons. The normalized spacial score (nSPS) is 13.5. The number of hydrogen-bond acceptors (Lipinski definition) is 2. The number of amides is 1. The average Bonchev–Trinajstić information content (AvgIpc) is 2.67. The van der Waals surface area contributed by atoms with Gasteiger partial charge in [0.25, 0.3) is 0 Å². The Morgan fingerprint density at radius 3 is 2.27 bits per heavy atom. The largest absolute Gasteiger partial charge is 0.465 e. The molecule has 0 saturated heterocycles. The summed E-state index contributed by atoms with van der Waals surface area (Å²) in [4.78, 5) is 15.8. The van der Waals surface area contributed by atoms with Gasteiger partial charge in [-0.15, -0.1) is 0 Å². The molecule has 0 radical (unpaired) electrons. The molecule has 2 N–H and O–H groups in total. The van der Waals surface area contributed by atoms with E-state index in [4.69, 9.17) is 11.6 Å². The van der Waals surface area contributed by atoms with E-state index in [0.717, 1.165) is 12.1 Å². The zero-order valence-corrected chi connectivity index (χ0v) is 16.0. The lowest BCUT2D eigenvalue weighted by atomic mass is 9.80. The van der Waals surface area contributed by atoms with E-state index in [9.17, 15) is 27.5 Å². The van der Waals surface area contributed by atoms with Gasteiger partial charge in [-0.2, -0.15) is 13.2 Å². The average molecular weight is 439 g/mol. The number of alkyl halides is 3. The molecular weight excluding hydrogens is 424 g/mol. The third-order valence-corrected chi connectivity index (χ3v) is 4.74. The fraction of sp³-hybridized carbons (Fsp3) is 0.143. The molecule has 2 aromatic carbocycles. The van der Waals surface area contributed by atoms with Crippen LogP contribution in [0.3, 0.4) is 0 Å². The molecule has 0 aliphatic rings. The van der Waals surface area contributed by atoms with E-state index in [0.29, 0.717) is 11.6 Å². The highest BCUT2D eigenvalue weighted by Gasteiger charge is 2.41. The second kappa shape index (κ2) is 8.31. The van der Waals surface area contributed by atoms with Gasteiger partial charge in [0, 0.05) is 12.6 Å². The molecule has 0 saturated carbocycles. The minimum absolute atomic E-state index is 0.0666. The summed E-state index contributed by atoms with van der Waals surface area (Å²) in [5.41, 5.74) is -2.62. The Hall–Kier alpha value is -3.13. The second-order valence-electron chi connectivity index (χ2n) is 6.59. The lowest BCUT2D eigenvalue weighted by Crippen LogP contribution is -2.48. The summed E-state index contributed by atoms with van der Waals surface area (Å²) in [6, 6.07) is 13.2. The van der Waals surface area contributed by atoms with Crippen LogP contribution >= 0.6 is 11.6 Å². The van der Waals surface area contributed by atoms with Crippen LogP contribution in [0.2, 0.25) is 5.02 Å². The fourth-order valence-corrected chi connectivity index (χ4v) is 3.35. The summed E-state index contributed by atoms with van der Waals surface area (Å²) >= 11 is 5.88. The van der Waals surface area contributed by atoms with Crippen molar-refractivity contribution in [3.8, 4) is 0 Å². The molecule has 1 atom stereocenters. The van der Waals surface area contributed by atoms with E-state index in [-0.39, 0.29) is 22.7 Å². The van der Waals surface area contributed by atoms with Crippen molar-refractivity contribution in [2.75, 3.05) is 0 Å². The molecule has 1 unspecified atom stereocenters. The Morgan fingerprint density at radius 2 is 1.70 bits per heavy atom. The van der Waals surface area contributed by atoms with Gasteiger partial charge < -0.3 is 10.4 Å². The highest BCUT2D eigenvalue weighted by Crippen LogP contribution is 2.37. The highest BCUT2D eigenvalue weighted by molar-refractivity contribution is 6.30. The number of pyridine rings is 1. The first-order valence-electron chi connectivity index (χ1n) is 8.65. The van der Waals surface area contributed by atoms with Crippen LogP contribution in [0.4, 0.5) is 22.4 Å². The molecule has 4 nitrogen and oxygen atoms in total. The van der Waals surface area contributed by atoms with Crippen molar-refractivity contribution in [2.24, 2.45) is 0 Å². The van der Waals surface area contributed by atoms with E-state index >= 15 is 0 Å². The van der Waals surface area contributed by atoms with Crippen molar-refractivity contribution in [1.82, 2.24) is 10.3 Å². The van der Waals surface area contributed by atoms with Gasteiger partial charge in [-0.05, 0) is 41.5 Å². The summed E-state index contributed by atoms with van der Waals surface area (Å²) in [5, 5.41) is 12.0. The van der Waals surface area contributed by atoms with Gasteiger partial charge >= 0.3 is 12.3 Å². The molecule has 0 bridgehead atoms.